The number of hydrogen-bond donors (Lipinski definition) is 1. The molecule has 3 heterocycles. The average molecular weight is 1270 g/mol. The Morgan fingerprint density at radius 1 is 0.414 bits per heavy atom. The number of benzene rings is 3. The van der Waals surface area contributed by atoms with Crippen molar-refractivity contribution in [2.45, 2.75) is 194 Å². The zero-order valence-electron chi connectivity index (χ0n) is 53.5. The van der Waals surface area contributed by atoms with Gasteiger partial charge in [0.1, 0.15) is 23.1 Å². The first kappa shape index (κ1) is 74.7. The van der Waals surface area contributed by atoms with Gasteiger partial charge in [-0.25, -0.2) is 9.59 Å². The summed E-state index contributed by atoms with van der Waals surface area (Å²) in [6, 6.07) is 18.4. The molecule has 0 unspecified atom stereocenters. The predicted octanol–water partition coefficient (Wildman–Crippen LogP) is 14.4. The van der Waals surface area contributed by atoms with E-state index < -0.39 is 17.9 Å². The normalized spacial score (nSPS) is 18.0. The van der Waals surface area contributed by atoms with Crippen molar-refractivity contribution in [3.63, 3.8) is 0 Å². The zero-order valence-corrected chi connectivity index (χ0v) is 55.8. The van der Waals surface area contributed by atoms with Gasteiger partial charge in [-0.15, -0.1) is 36.4 Å². The minimum atomic E-state index is -0.707. The lowest BCUT2D eigenvalue weighted by atomic mass is 9.90. The van der Waals surface area contributed by atoms with Gasteiger partial charge in [0.05, 0.1) is 19.6 Å². The number of likely N-dealkylation sites (tertiary alicyclic amines) is 3. The summed E-state index contributed by atoms with van der Waals surface area (Å²) in [4.78, 5) is 76.9. The molecule has 18 heteroatoms. The number of halogens is 3. The molecule has 1 N–H and O–H groups in total. The molecule has 3 saturated carbocycles. The summed E-state index contributed by atoms with van der Waals surface area (Å²) in [5.74, 6) is 3.19. The third kappa shape index (κ3) is 25.2. The second-order valence-corrected chi connectivity index (χ2v) is 25.7. The van der Waals surface area contributed by atoms with Crippen molar-refractivity contribution >= 4 is 72.2 Å². The summed E-state index contributed by atoms with van der Waals surface area (Å²) in [6.45, 7) is 24.9. The summed E-state index contributed by atoms with van der Waals surface area (Å²) in [5.41, 5.74) is 6.45. The molecular formula is C69H102Cl3N3O12. The lowest BCUT2D eigenvalue weighted by Crippen LogP contribution is -2.36. The minimum Gasteiger partial charge on any atom is -0.480 e. The second kappa shape index (κ2) is 38.0. The van der Waals surface area contributed by atoms with E-state index in [9.17, 15) is 28.8 Å². The quantitative estimate of drug-likeness (QED) is 0.0538. The molecule has 3 aliphatic carbocycles. The number of carboxylic acids is 1. The number of para-hydroxylation sites is 3. The summed E-state index contributed by atoms with van der Waals surface area (Å²) < 4.78 is 27.4. The van der Waals surface area contributed by atoms with E-state index in [2.05, 4.69) is 96.4 Å². The molecule has 0 aromatic heterocycles. The van der Waals surface area contributed by atoms with Gasteiger partial charge in [-0.2, -0.15) is 0 Å². The standard InChI is InChI=1S/2C23H33NO4.C16H21ClO2.C7H13NO2.2ClH/c2*1-16(2)19-8-7-9-20(17(3)18-10-11-18)23(19)28-22(26)15-27-21(25)14-24-12-5-4-6-13-24;1-10(2)13-5-4-6-14(11(3)12-7-8-12)16(13)19-15(18)9-17;9-7(10)6-8-4-2-1-3-5-8;;/h2*7-9,16-18H,4-6,10-15H2,1-3H3;4-6,10-12H,7-9H2,1-3H3;1-6H2,(H,9,10);2*1H/t2*17-;11-;;;/m000.../s1. The highest BCUT2D eigenvalue weighted by Crippen LogP contribution is 2.49. The molecule has 0 bridgehead atoms. The van der Waals surface area contributed by atoms with Gasteiger partial charge in [-0.3, -0.25) is 33.9 Å². The number of piperidine rings is 3. The molecule has 3 aromatic carbocycles. The highest BCUT2D eigenvalue weighted by Gasteiger charge is 2.35. The third-order valence-corrected chi connectivity index (χ3v) is 17.6. The fourth-order valence-corrected chi connectivity index (χ4v) is 11.8. The Morgan fingerprint density at radius 2 is 0.678 bits per heavy atom. The van der Waals surface area contributed by atoms with Crippen LogP contribution in [0.5, 0.6) is 17.2 Å². The van der Waals surface area contributed by atoms with Gasteiger partial charge < -0.3 is 28.8 Å². The number of aliphatic carboxylic acids is 1. The lowest BCUT2D eigenvalue weighted by Gasteiger charge is -2.25. The molecule has 486 valence electrons. The molecule has 3 atom stereocenters. The van der Waals surface area contributed by atoms with Gasteiger partial charge in [-0.1, -0.05) is 136 Å². The summed E-state index contributed by atoms with van der Waals surface area (Å²) in [5, 5.41) is 8.42. The molecule has 3 aromatic rings. The molecule has 15 nitrogen and oxygen atoms in total. The minimum absolute atomic E-state index is 0. The first-order chi connectivity index (χ1) is 40.7. The third-order valence-electron chi connectivity index (χ3n) is 17.4. The Labute approximate surface area is 536 Å². The molecule has 0 amide bonds. The highest BCUT2D eigenvalue weighted by molar-refractivity contribution is 6.26. The van der Waals surface area contributed by atoms with Crippen LogP contribution in [0.25, 0.3) is 0 Å². The van der Waals surface area contributed by atoms with Crippen molar-refractivity contribution in [2.75, 3.05) is 78.0 Å². The van der Waals surface area contributed by atoms with Gasteiger partial charge in [0.2, 0.25) is 0 Å². The molecule has 0 spiro atoms. The van der Waals surface area contributed by atoms with Crippen LogP contribution in [0.1, 0.15) is 228 Å². The van der Waals surface area contributed by atoms with E-state index in [4.69, 9.17) is 40.4 Å². The smallest absolute Gasteiger partial charge is 0.349 e. The number of rotatable bonds is 23. The van der Waals surface area contributed by atoms with Crippen LogP contribution in [0.15, 0.2) is 54.6 Å². The number of carboxylic acid groups (broad SMARTS) is 1. The topological polar surface area (TPSA) is 179 Å². The van der Waals surface area contributed by atoms with Crippen LogP contribution >= 0.6 is 36.4 Å². The van der Waals surface area contributed by atoms with Crippen molar-refractivity contribution in [3.8, 4) is 17.2 Å². The Morgan fingerprint density at radius 3 is 0.931 bits per heavy atom. The number of alkyl halides is 1. The lowest BCUT2D eigenvalue weighted by molar-refractivity contribution is -0.154. The van der Waals surface area contributed by atoms with Crippen molar-refractivity contribution in [1.29, 1.82) is 0 Å². The number of carbonyl (C=O) groups excluding carboxylic acids is 5. The van der Waals surface area contributed by atoms with Gasteiger partial charge in [0, 0.05) is 0 Å². The molecule has 3 saturated heterocycles. The fourth-order valence-electron chi connectivity index (χ4n) is 11.8. The van der Waals surface area contributed by atoms with Gasteiger partial charge in [0.25, 0.3) is 0 Å². The SMILES string of the molecule is CC(C)c1cccc([C@@H](C)C2CC2)c1OC(=O)CCl.CC(C)c1cccc([C@@H](C)C2CC2)c1OC(=O)COC(=O)CN1CCCCC1.CC(C)c1cccc([C@@H](C)C2CC2)c1OC(=O)COC(=O)CN1CCCCC1.Cl.Cl.O=C(O)CN1CCCCC1. The van der Waals surface area contributed by atoms with Crippen LogP contribution in [0.4, 0.5) is 0 Å². The molecule has 9 rings (SSSR count). The van der Waals surface area contributed by atoms with Crippen molar-refractivity contribution in [2.24, 2.45) is 17.8 Å². The van der Waals surface area contributed by atoms with Crippen LogP contribution in [0, 0.1) is 17.8 Å². The number of nitrogens with zero attached hydrogens (tertiary/aromatic N) is 3. The molecule has 0 radical (unpaired) electrons. The second-order valence-electron chi connectivity index (χ2n) is 25.4. The molecular weight excluding hydrogens is 1170 g/mol. The maximum Gasteiger partial charge on any atom is 0.349 e. The van der Waals surface area contributed by atoms with Gasteiger partial charge >= 0.3 is 35.8 Å². The van der Waals surface area contributed by atoms with E-state index in [-0.39, 0.29) is 93.3 Å². The molecule has 6 fully saturated rings. The van der Waals surface area contributed by atoms with Crippen LogP contribution in [0.2, 0.25) is 0 Å². The Kier molecular flexibility index (Phi) is 32.7. The predicted molar refractivity (Wildman–Crippen MR) is 348 cm³/mol. The largest absolute Gasteiger partial charge is 0.480 e. The van der Waals surface area contributed by atoms with Crippen molar-refractivity contribution in [1.82, 2.24) is 14.7 Å². The maximum absolute atomic E-state index is 12.4. The maximum atomic E-state index is 12.4. The fraction of sp³-hybridized carbons (Fsp3) is 0.652. The molecule has 6 aliphatic rings. The van der Waals surface area contributed by atoms with Crippen LogP contribution < -0.4 is 14.2 Å². The summed E-state index contributed by atoms with van der Waals surface area (Å²) in [7, 11) is 0. The van der Waals surface area contributed by atoms with Gasteiger partial charge in [0.15, 0.2) is 13.2 Å². The molecule has 87 heavy (non-hydrogen) atoms. The van der Waals surface area contributed by atoms with E-state index in [1.165, 1.54) is 57.8 Å². The zero-order chi connectivity index (χ0) is 61.6. The van der Waals surface area contributed by atoms with E-state index >= 15 is 0 Å². The Balaban J connectivity index is 0.000000259. The first-order valence-electron chi connectivity index (χ1n) is 32.0. The van der Waals surface area contributed by atoms with Gasteiger partial charge in [-0.05, 0) is 203 Å². The average Bonchev–Trinajstić information content (AvgIpc) is 2.55. The number of carbonyl (C=O) groups is 6. The number of hydrogen-bond acceptors (Lipinski definition) is 14. The van der Waals surface area contributed by atoms with Crippen LogP contribution in [-0.4, -0.2) is 134 Å². The van der Waals surface area contributed by atoms with E-state index in [1.54, 1.807) is 0 Å². The van der Waals surface area contributed by atoms with E-state index in [0.29, 0.717) is 47.0 Å². The van der Waals surface area contributed by atoms with Crippen LogP contribution in [-0.2, 0) is 38.2 Å². The highest BCUT2D eigenvalue weighted by atomic mass is 35.5. The van der Waals surface area contributed by atoms with E-state index in [0.717, 1.165) is 123 Å². The summed E-state index contributed by atoms with van der Waals surface area (Å²) in [6.07, 6.45) is 17.9. The van der Waals surface area contributed by atoms with Crippen molar-refractivity contribution in [3.05, 3.63) is 88.0 Å². The van der Waals surface area contributed by atoms with E-state index in [1.807, 2.05) is 35.2 Å². The number of ether oxygens (including phenoxy) is 5. The van der Waals surface area contributed by atoms with Crippen LogP contribution in [0.3, 0.4) is 0 Å². The monoisotopic (exact) mass is 1270 g/mol. The first-order valence-corrected chi connectivity index (χ1v) is 32.5. The van der Waals surface area contributed by atoms with Crippen molar-refractivity contribution < 1.29 is 57.6 Å². The molecule has 3 aliphatic heterocycles. The summed E-state index contributed by atoms with van der Waals surface area (Å²) >= 11 is 5.57. The number of esters is 5. The Bertz CT molecular complexity index is 2520. The Hall–Kier alpha value is -4.77.